The first kappa shape index (κ1) is 16.4. The number of carbonyl (C=O) groups is 1. The predicted octanol–water partition coefficient (Wildman–Crippen LogP) is 4.58. The summed E-state index contributed by atoms with van der Waals surface area (Å²) in [6.45, 7) is 0.382. The highest BCUT2D eigenvalue weighted by Gasteiger charge is 2.10. The lowest BCUT2D eigenvalue weighted by molar-refractivity contribution is 0.0951. The Labute approximate surface area is 156 Å². The van der Waals surface area contributed by atoms with Crippen molar-refractivity contribution in [2.75, 3.05) is 0 Å². The molecule has 128 valence electrons. The Morgan fingerprint density at radius 2 is 1.81 bits per heavy atom. The molecule has 4 nitrogen and oxygen atoms in total. The van der Waals surface area contributed by atoms with Gasteiger partial charge in [-0.05, 0) is 23.8 Å². The van der Waals surface area contributed by atoms with E-state index in [2.05, 4.69) is 10.3 Å². The maximum atomic E-state index is 12.5. The van der Waals surface area contributed by atoms with Crippen LogP contribution < -0.4 is 5.32 Å². The van der Waals surface area contributed by atoms with E-state index in [0.29, 0.717) is 17.1 Å². The van der Waals surface area contributed by atoms with Crippen molar-refractivity contribution in [3.05, 3.63) is 95.3 Å². The summed E-state index contributed by atoms with van der Waals surface area (Å²) in [6.07, 6.45) is 3.80. The maximum Gasteiger partial charge on any atom is 0.251 e. The second kappa shape index (κ2) is 7.02. The van der Waals surface area contributed by atoms with Gasteiger partial charge in [0.2, 0.25) is 0 Å². The first-order valence-electron chi connectivity index (χ1n) is 8.26. The number of fused-ring (bicyclic) bond motifs is 1. The standard InChI is InChI=1S/C21H16ClN3O/c22-18-9-5-4-8-17(18)13-23-21(26)16-10-11-25-14-19(24-20(25)12-16)15-6-2-1-3-7-15/h1-12,14H,13H2,(H,23,26). The summed E-state index contributed by atoms with van der Waals surface area (Å²) in [4.78, 5) is 17.1. The number of benzene rings is 2. The fraction of sp³-hybridized carbons (Fsp3) is 0.0476. The molecular weight excluding hydrogens is 346 g/mol. The molecule has 0 saturated heterocycles. The number of pyridine rings is 1. The lowest BCUT2D eigenvalue weighted by Gasteiger charge is -2.07. The number of rotatable bonds is 4. The molecule has 0 radical (unpaired) electrons. The van der Waals surface area contributed by atoms with E-state index in [4.69, 9.17) is 11.6 Å². The highest BCUT2D eigenvalue weighted by Crippen LogP contribution is 2.19. The Bertz CT molecular complexity index is 1070. The number of aromatic nitrogens is 2. The normalized spacial score (nSPS) is 10.8. The maximum absolute atomic E-state index is 12.5. The SMILES string of the molecule is O=C(NCc1ccccc1Cl)c1ccn2cc(-c3ccccc3)nc2c1. The first-order valence-corrected chi connectivity index (χ1v) is 8.64. The molecule has 0 atom stereocenters. The van der Waals surface area contributed by atoms with E-state index >= 15 is 0 Å². The molecule has 0 fully saturated rings. The van der Waals surface area contributed by atoms with E-state index < -0.39 is 0 Å². The Morgan fingerprint density at radius 1 is 1.04 bits per heavy atom. The van der Waals surface area contributed by atoms with E-state index in [1.54, 1.807) is 12.1 Å². The van der Waals surface area contributed by atoms with Gasteiger partial charge in [0.05, 0.1) is 5.69 Å². The molecule has 4 rings (SSSR count). The molecule has 0 bridgehead atoms. The van der Waals surface area contributed by atoms with Crippen molar-refractivity contribution < 1.29 is 4.79 Å². The molecule has 5 heteroatoms. The largest absolute Gasteiger partial charge is 0.348 e. The second-order valence-corrected chi connectivity index (χ2v) is 6.35. The van der Waals surface area contributed by atoms with Crippen LogP contribution in [0.15, 0.2) is 79.1 Å². The van der Waals surface area contributed by atoms with Gasteiger partial charge in [0.25, 0.3) is 5.91 Å². The monoisotopic (exact) mass is 361 g/mol. The predicted molar refractivity (Wildman–Crippen MR) is 103 cm³/mol. The van der Waals surface area contributed by atoms with Crippen molar-refractivity contribution in [3.8, 4) is 11.3 Å². The quantitative estimate of drug-likeness (QED) is 0.578. The van der Waals surface area contributed by atoms with Crippen molar-refractivity contribution in [1.82, 2.24) is 14.7 Å². The second-order valence-electron chi connectivity index (χ2n) is 5.95. The van der Waals surface area contributed by atoms with Crippen LogP contribution in [0.3, 0.4) is 0 Å². The summed E-state index contributed by atoms with van der Waals surface area (Å²) in [7, 11) is 0. The van der Waals surface area contributed by atoms with E-state index in [-0.39, 0.29) is 5.91 Å². The number of halogens is 1. The van der Waals surface area contributed by atoms with Crippen LogP contribution in [0.2, 0.25) is 5.02 Å². The number of carbonyl (C=O) groups excluding carboxylic acids is 1. The molecule has 1 amide bonds. The molecule has 0 aliphatic heterocycles. The summed E-state index contributed by atoms with van der Waals surface area (Å²) >= 11 is 6.13. The highest BCUT2D eigenvalue weighted by molar-refractivity contribution is 6.31. The average molecular weight is 362 g/mol. The van der Waals surface area contributed by atoms with Crippen LogP contribution in [-0.4, -0.2) is 15.3 Å². The highest BCUT2D eigenvalue weighted by atomic mass is 35.5. The minimum Gasteiger partial charge on any atom is -0.348 e. The number of imidazole rings is 1. The number of amides is 1. The minimum atomic E-state index is -0.156. The molecule has 0 spiro atoms. The molecule has 0 aliphatic rings. The average Bonchev–Trinajstić information content (AvgIpc) is 3.11. The molecule has 2 aromatic heterocycles. The lowest BCUT2D eigenvalue weighted by Crippen LogP contribution is -2.23. The fourth-order valence-electron chi connectivity index (χ4n) is 2.79. The topological polar surface area (TPSA) is 46.4 Å². The third-order valence-corrected chi connectivity index (χ3v) is 4.56. The van der Waals surface area contributed by atoms with Crippen LogP contribution in [0, 0.1) is 0 Å². The van der Waals surface area contributed by atoms with Crippen molar-refractivity contribution in [1.29, 1.82) is 0 Å². The number of hydrogen-bond donors (Lipinski definition) is 1. The third kappa shape index (κ3) is 3.32. The zero-order valence-corrected chi connectivity index (χ0v) is 14.6. The summed E-state index contributed by atoms with van der Waals surface area (Å²) in [5.41, 5.74) is 4.10. The van der Waals surface area contributed by atoms with Crippen molar-refractivity contribution in [2.45, 2.75) is 6.54 Å². The lowest BCUT2D eigenvalue weighted by atomic mass is 10.2. The van der Waals surface area contributed by atoms with E-state index in [1.165, 1.54) is 0 Å². The third-order valence-electron chi connectivity index (χ3n) is 4.19. The van der Waals surface area contributed by atoms with Gasteiger partial charge in [-0.15, -0.1) is 0 Å². The molecule has 2 heterocycles. The molecule has 2 aromatic carbocycles. The van der Waals surface area contributed by atoms with Gasteiger partial charge in [0.15, 0.2) is 0 Å². The van der Waals surface area contributed by atoms with Gasteiger partial charge >= 0.3 is 0 Å². The summed E-state index contributed by atoms with van der Waals surface area (Å²) in [6, 6.07) is 21.0. The molecule has 1 N–H and O–H groups in total. The van der Waals surface area contributed by atoms with Gasteiger partial charge < -0.3 is 9.72 Å². The van der Waals surface area contributed by atoms with Crippen molar-refractivity contribution in [3.63, 3.8) is 0 Å². The molecule has 0 unspecified atom stereocenters. The van der Waals surface area contributed by atoms with Gasteiger partial charge in [0, 0.05) is 35.1 Å². The number of nitrogens with one attached hydrogen (secondary N) is 1. The smallest absolute Gasteiger partial charge is 0.251 e. The van der Waals surface area contributed by atoms with Crippen LogP contribution in [0.4, 0.5) is 0 Å². The molecule has 0 saturated carbocycles. The molecule has 4 aromatic rings. The van der Waals surface area contributed by atoms with E-state index in [0.717, 1.165) is 22.5 Å². The molecular formula is C21H16ClN3O. The van der Waals surface area contributed by atoms with Gasteiger partial charge in [0.1, 0.15) is 5.65 Å². The van der Waals surface area contributed by atoms with Crippen molar-refractivity contribution >= 4 is 23.2 Å². The van der Waals surface area contributed by atoms with E-state index in [9.17, 15) is 4.79 Å². The van der Waals surface area contributed by atoms with Gasteiger partial charge in [-0.3, -0.25) is 4.79 Å². The fourth-order valence-corrected chi connectivity index (χ4v) is 2.99. The molecule has 26 heavy (non-hydrogen) atoms. The van der Waals surface area contributed by atoms with Gasteiger partial charge in [-0.2, -0.15) is 0 Å². The van der Waals surface area contributed by atoms with Crippen LogP contribution in [0.25, 0.3) is 16.9 Å². The van der Waals surface area contributed by atoms with Crippen LogP contribution in [-0.2, 0) is 6.54 Å². The minimum absolute atomic E-state index is 0.156. The summed E-state index contributed by atoms with van der Waals surface area (Å²) in [5.74, 6) is -0.156. The first-order chi connectivity index (χ1) is 12.7. The Kier molecular flexibility index (Phi) is 4.42. The number of hydrogen-bond acceptors (Lipinski definition) is 2. The zero-order chi connectivity index (χ0) is 17.9. The van der Waals surface area contributed by atoms with E-state index in [1.807, 2.05) is 71.4 Å². The van der Waals surface area contributed by atoms with Crippen molar-refractivity contribution in [2.24, 2.45) is 0 Å². The summed E-state index contributed by atoms with van der Waals surface area (Å²) in [5, 5.41) is 3.54. The Morgan fingerprint density at radius 3 is 2.62 bits per heavy atom. The zero-order valence-electron chi connectivity index (χ0n) is 13.9. The van der Waals surface area contributed by atoms with Gasteiger partial charge in [-0.1, -0.05) is 60.1 Å². The van der Waals surface area contributed by atoms with Crippen LogP contribution in [0.1, 0.15) is 15.9 Å². The van der Waals surface area contributed by atoms with Crippen LogP contribution >= 0.6 is 11.6 Å². The van der Waals surface area contributed by atoms with Crippen LogP contribution in [0.5, 0.6) is 0 Å². The Balaban J connectivity index is 1.55. The summed E-state index contributed by atoms with van der Waals surface area (Å²) < 4.78 is 1.91. The Hall–Kier alpha value is -3.11. The molecule has 0 aliphatic carbocycles. The van der Waals surface area contributed by atoms with Gasteiger partial charge in [-0.25, -0.2) is 4.98 Å². The number of nitrogens with zero attached hydrogens (tertiary/aromatic N) is 2.